The smallest absolute Gasteiger partial charge is 0.263 e. The van der Waals surface area contributed by atoms with Gasteiger partial charge < -0.3 is 10.1 Å². The summed E-state index contributed by atoms with van der Waals surface area (Å²) >= 11 is 1.19. The highest BCUT2D eigenvalue weighted by Gasteiger charge is 2.17. The van der Waals surface area contributed by atoms with E-state index in [1.165, 1.54) is 41.8 Å². The molecule has 0 bridgehead atoms. The van der Waals surface area contributed by atoms with Crippen LogP contribution < -0.4 is 10.0 Å². The number of thiazole rings is 1. The lowest BCUT2D eigenvalue weighted by molar-refractivity contribution is -0.126. The summed E-state index contributed by atoms with van der Waals surface area (Å²) in [6.07, 6.45) is 3.27. The third kappa shape index (κ3) is 5.66. The summed E-state index contributed by atoms with van der Waals surface area (Å²) in [5.41, 5.74) is 0.484. The van der Waals surface area contributed by atoms with Crippen molar-refractivity contribution in [1.29, 1.82) is 0 Å². The van der Waals surface area contributed by atoms with Crippen LogP contribution in [0.3, 0.4) is 0 Å². The number of amides is 1. The van der Waals surface area contributed by atoms with E-state index in [0.717, 1.165) is 0 Å². The lowest BCUT2D eigenvalue weighted by atomic mass is 10.3. The maximum atomic E-state index is 12.2. The number of aromatic nitrogens is 1. The van der Waals surface area contributed by atoms with Gasteiger partial charge in [-0.3, -0.25) is 9.52 Å². The molecule has 0 aliphatic heterocycles. The topological polar surface area (TPSA) is 97.4 Å². The van der Waals surface area contributed by atoms with Crippen molar-refractivity contribution in [3.05, 3.63) is 48.5 Å². The molecule has 2 rings (SSSR count). The van der Waals surface area contributed by atoms with Crippen molar-refractivity contribution >= 4 is 38.1 Å². The van der Waals surface area contributed by atoms with Crippen LogP contribution in [0.15, 0.2) is 53.4 Å². The zero-order valence-corrected chi connectivity index (χ0v) is 15.3. The van der Waals surface area contributed by atoms with Crippen molar-refractivity contribution < 1.29 is 17.9 Å². The third-order valence-corrected chi connectivity index (χ3v) is 5.32. The second kappa shape index (κ2) is 8.75. The van der Waals surface area contributed by atoms with E-state index in [-0.39, 0.29) is 10.8 Å². The number of rotatable bonds is 9. The quantitative estimate of drug-likeness (QED) is 0.514. The van der Waals surface area contributed by atoms with Crippen LogP contribution in [0, 0.1) is 0 Å². The number of anilines is 2. The molecule has 1 atom stereocenters. The second-order valence-electron chi connectivity index (χ2n) is 5.05. The number of nitrogens with one attached hydrogen (secondary N) is 2. The van der Waals surface area contributed by atoms with Gasteiger partial charge in [-0.1, -0.05) is 6.08 Å². The molecule has 0 saturated heterocycles. The molecule has 9 heteroatoms. The minimum atomic E-state index is -3.71. The lowest BCUT2D eigenvalue weighted by Gasteiger charge is -2.13. The molecule has 0 fully saturated rings. The van der Waals surface area contributed by atoms with Crippen molar-refractivity contribution in [2.45, 2.75) is 24.3 Å². The van der Waals surface area contributed by atoms with Gasteiger partial charge in [0.05, 0.1) is 11.5 Å². The molecule has 1 heterocycles. The van der Waals surface area contributed by atoms with Crippen LogP contribution in [0.5, 0.6) is 0 Å². The molecule has 0 spiro atoms. The van der Waals surface area contributed by atoms with E-state index in [1.807, 2.05) is 0 Å². The Bertz CT molecular complexity index is 802. The van der Waals surface area contributed by atoms with Crippen LogP contribution in [-0.4, -0.2) is 32.0 Å². The Balaban J connectivity index is 1.97. The lowest BCUT2D eigenvalue weighted by Crippen LogP contribution is -2.28. The first-order chi connectivity index (χ1) is 11.9. The average molecular weight is 381 g/mol. The Hall–Kier alpha value is -2.23. The molecule has 25 heavy (non-hydrogen) atoms. The summed E-state index contributed by atoms with van der Waals surface area (Å²) in [7, 11) is -3.71. The maximum absolute atomic E-state index is 12.2. The second-order valence-corrected chi connectivity index (χ2v) is 7.62. The van der Waals surface area contributed by atoms with Gasteiger partial charge in [0.2, 0.25) is 0 Å². The molecule has 0 aliphatic rings. The first kappa shape index (κ1) is 19.1. The fraction of sp³-hybridized carbons (Fsp3) is 0.250. The summed E-state index contributed by atoms with van der Waals surface area (Å²) in [6.45, 7) is 5.65. The molecular formula is C16H19N3O4S2. The molecule has 0 aliphatic carbocycles. The monoisotopic (exact) mass is 381 g/mol. The molecule has 2 N–H and O–H groups in total. The highest BCUT2D eigenvalue weighted by molar-refractivity contribution is 7.93. The van der Waals surface area contributed by atoms with Crippen LogP contribution >= 0.6 is 11.3 Å². The van der Waals surface area contributed by atoms with Gasteiger partial charge in [-0.05, 0) is 37.6 Å². The largest absolute Gasteiger partial charge is 0.368 e. The molecule has 7 nitrogen and oxygen atoms in total. The van der Waals surface area contributed by atoms with E-state index >= 15 is 0 Å². The van der Waals surface area contributed by atoms with Gasteiger partial charge in [-0.2, -0.15) is 0 Å². The zero-order valence-electron chi connectivity index (χ0n) is 13.6. The summed E-state index contributed by atoms with van der Waals surface area (Å²) in [4.78, 5) is 16.0. The third-order valence-electron chi connectivity index (χ3n) is 3.15. The van der Waals surface area contributed by atoms with Gasteiger partial charge in [-0.15, -0.1) is 17.9 Å². The molecule has 1 aromatic heterocycles. The van der Waals surface area contributed by atoms with Crippen molar-refractivity contribution in [3.63, 3.8) is 0 Å². The highest BCUT2D eigenvalue weighted by atomic mass is 32.2. The molecular weight excluding hydrogens is 362 g/mol. The number of benzene rings is 1. The molecule has 1 aromatic carbocycles. The van der Waals surface area contributed by atoms with E-state index < -0.39 is 16.1 Å². The van der Waals surface area contributed by atoms with Crippen LogP contribution in [-0.2, 0) is 19.6 Å². The normalized spacial score (nSPS) is 12.4. The SMILES string of the molecule is C=CCCOC(C)C(=O)Nc1ccc(S(=O)(=O)Nc2nccs2)cc1. The standard InChI is InChI=1S/C16H19N3O4S2/c1-3-4-10-23-12(2)15(20)18-13-5-7-14(8-6-13)25(21,22)19-16-17-9-11-24-16/h3,5-9,11-12H,1,4,10H2,2H3,(H,17,19)(H,18,20). The maximum Gasteiger partial charge on any atom is 0.263 e. The van der Waals surface area contributed by atoms with E-state index in [2.05, 4.69) is 21.6 Å². The Morgan fingerprint density at radius 1 is 1.40 bits per heavy atom. The predicted molar refractivity (Wildman–Crippen MR) is 98.2 cm³/mol. The van der Waals surface area contributed by atoms with Gasteiger partial charge in [-0.25, -0.2) is 13.4 Å². The number of carbonyl (C=O) groups excluding carboxylic acids is 1. The van der Waals surface area contributed by atoms with E-state index in [9.17, 15) is 13.2 Å². The van der Waals surface area contributed by atoms with Crippen LogP contribution in [0.2, 0.25) is 0 Å². The summed E-state index contributed by atoms with van der Waals surface area (Å²) in [5.74, 6) is -0.305. The van der Waals surface area contributed by atoms with E-state index in [1.54, 1.807) is 18.4 Å². The Labute approximate surface area is 150 Å². The van der Waals surface area contributed by atoms with Gasteiger partial charge in [0, 0.05) is 17.3 Å². The first-order valence-corrected chi connectivity index (χ1v) is 9.84. The zero-order chi connectivity index (χ0) is 18.3. The Morgan fingerprint density at radius 3 is 2.72 bits per heavy atom. The number of ether oxygens (including phenoxy) is 1. The van der Waals surface area contributed by atoms with Crippen molar-refractivity contribution in [1.82, 2.24) is 4.98 Å². The van der Waals surface area contributed by atoms with Gasteiger partial charge in [0.1, 0.15) is 6.10 Å². The van der Waals surface area contributed by atoms with Crippen molar-refractivity contribution in [3.8, 4) is 0 Å². The number of hydrogen-bond acceptors (Lipinski definition) is 6. The van der Waals surface area contributed by atoms with Crippen molar-refractivity contribution in [2.75, 3.05) is 16.6 Å². The first-order valence-electron chi connectivity index (χ1n) is 7.48. The highest BCUT2D eigenvalue weighted by Crippen LogP contribution is 2.19. The molecule has 2 aromatic rings. The summed E-state index contributed by atoms with van der Waals surface area (Å²) < 4.78 is 32.2. The summed E-state index contributed by atoms with van der Waals surface area (Å²) in [5, 5.41) is 4.65. The van der Waals surface area contributed by atoms with E-state index in [0.29, 0.717) is 23.8 Å². The van der Waals surface area contributed by atoms with Crippen LogP contribution in [0.25, 0.3) is 0 Å². The molecule has 1 amide bonds. The fourth-order valence-corrected chi connectivity index (χ4v) is 3.60. The van der Waals surface area contributed by atoms with Gasteiger partial charge in [0.15, 0.2) is 5.13 Å². The molecule has 1 unspecified atom stereocenters. The number of carbonyl (C=O) groups is 1. The molecule has 0 saturated carbocycles. The van der Waals surface area contributed by atoms with Crippen LogP contribution in [0.1, 0.15) is 13.3 Å². The van der Waals surface area contributed by atoms with E-state index in [4.69, 9.17) is 4.74 Å². The van der Waals surface area contributed by atoms with Crippen LogP contribution in [0.4, 0.5) is 10.8 Å². The van der Waals surface area contributed by atoms with Crippen molar-refractivity contribution in [2.24, 2.45) is 0 Å². The Morgan fingerprint density at radius 2 is 2.12 bits per heavy atom. The minimum absolute atomic E-state index is 0.0796. The molecule has 134 valence electrons. The number of nitrogens with zero attached hydrogens (tertiary/aromatic N) is 1. The minimum Gasteiger partial charge on any atom is -0.368 e. The van der Waals surface area contributed by atoms with Gasteiger partial charge in [0.25, 0.3) is 15.9 Å². The number of hydrogen-bond donors (Lipinski definition) is 2. The number of sulfonamides is 1. The average Bonchev–Trinajstić information content (AvgIpc) is 3.07. The molecule has 0 radical (unpaired) electrons. The Kier molecular flexibility index (Phi) is 6.68. The fourth-order valence-electron chi connectivity index (χ4n) is 1.81. The van der Waals surface area contributed by atoms with Gasteiger partial charge >= 0.3 is 0 Å². The predicted octanol–water partition coefficient (Wildman–Crippen LogP) is 2.86. The summed E-state index contributed by atoms with van der Waals surface area (Å²) in [6, 6.07) is 5.86.